The number of benzene rings is 3. The van der Waals surface area contributed by atoms with Gasteiger partial charge in [0.1, 0.15) is 0 Å². The van der Waals surface area contributed by atoms with Gasteiger partial charge in [-0.05, 0) is 98.5 Å². The number of pyridine rings is 1. The third-order valence-corrected chi connectivity index (χ3v) is 6.35. The van der Waals surface area contributed by atoms with Crippen molar-refractivity contribution >= 4 is 28.3 Å². The lowest BCUT2D eigenvalue weighted by molar-refractivity contribution is -0.160. The van der Waals surface area contributed by atoms with E-state index in [2.05, 4.69) is 16.8 Å². The van der Waals surface area contributed by atoms with E-state index in [1.807, 2.05) is 64.1 Å². The van der Waals surface area contributed by atoms with Crippen LogP contribution in [0.4, 0.5) is 0 Å². The molecule has 6 heteroatoms. The summed E-state index contributed by atoms with van der Waals surface area (Å²) in [5.74, 6) is 4.94. The zero-order valence-corrected chi connectivity index (χ0v) is 22.8. The molecule has 194 valence electrons. The van der Waals surface area contributed by atoms with E-state index in [1.54, 1.807) is 43.5 Å². The van der Waals surface area contributed by atoms with E-state index in [4.69, 9.17) is 16.3 Å². The average Bonchev–Trinajstić information content (AvgIpc) is 2.86. The summed E-state index contributed by atoms with van der Waals surface area (Å²) in [6, 6.07) is 20.3. The highest BCUT2D eigenvalue weighted by atomic mass is 35.5. The highest BCUT2D eigenvalue weighted by Gasteiger charge is 2.31. The number of fused-ring (bicyclic) bond motifs is 1. The summed E-state index contributed by atoms with van der Waals surface area (Å²) < 4.78 is 6.08. The zero-order chi connectivity index (χ0) is 27.7. The summed E-state index contributed by atoms with van der Waals surface area (Å²) in [7, 11) is 0. The molecule has 0 radical (unpaired) electrons. The second-order valence-electron chi connectivity index (χ2n) is 10.4. The lowest BCUT2D eigenvalue weighted by Crippen LogP contribution is -2.28. The van der Waals surface area contributed by atoms with Gasteiger partial charge in [-0.25, -0.2) is 4.79 Å². The fraction of sp³-hybridized carbons (Fsp3) is 0.250. The van der Waals surface area contributed by atoms with Crippen molar-refractivity contribution in [3.8, 4) is 23.0 Å². The number of halogens is 1. The molecule has 38 heavy (non-hydrogen) atoms. The van der Waals surface area contributed by atoms with E-state index >= 15 is 0 Å². The molecule has 3 aromatic carbocycles. The van der Waals surface area contributed by atoms with Crippen LogP contribution in [0.5, 0.6) is 0 Å². The van der Waals surface area contributed by atoms with Gasteiger partial charge in [-0.2, -0.15) is 0 Å². The minimum absolute atomic E-state index is 0.455. The number of aromatic nitrogens is 1. The van der Waals surface area contributed by atoms with Crippen LogP contribution in [0.3, 0.4) is 0 Å². The Morgan fingerprint density at radius 1 is 1.03 bits per heavy atom. The van der Waals surface area contributed by atoms with Gasteiger partial charge in [-0.15, -0.1) is 0 Å². The van der Waals surface area contributed by atoms with E-state index in [-0.39, 0.29) is 0 Å². The minimum Gasteiger partial charge on any atom is -0.479 e. The minimum atomic E-state index is -1.44. The number of hydrogen-bond acceptors (Lipinski definition) is 4. The summed E-state index contributed by atoms with van der Waals surface area (Å²) in [5, 5.41) is 23.5. The number of hydrogen-bond donors (Lipinski definition) is 2. The van der Waals surface area contributed by atoms with Crippen LogP contribution in [-0.4, -0.2) is 26.8 Å². The molecule has 0 amide bonds. The Morgan fingerprint density at radius 3 is 2.34 bits per heavy atom. The lowest BCUT2D eigenvalue weighted by Gasteiger charge is -2.28. The molecule has 0 aliphatic heterocycles. The van der Waals surface area contributed by atoms with Crippen LogP contribution >= 0.6 is 11.6 Å². The first-order valence-electron chi connectivity index (χ1n) is 12.3. The Balaban J connectivity index is 1.96. The molecule has 4 rings (SSSR count). The van der Waals surface area contributed by atoms with E-state index in [0.717, 1.165) is 27.5 Å². The van der Waals surface area contributed by atoms with Crippen LogP contribution in [0.25, 0.3) is 21.9 Å². The number of aliphatic hydroxyl groups is 1. The van der Waals surface area contributed by atoms with Crippen LogP contribution < -0.4 is 0 Å². The number of nitrogens with zero attached hydrogens (tertiary/aromatic N) is 1. The standard InChI is InChI=1S/C32H30ClNO4/c1-20-18-23-10-9-21(15-16-32(5,37)26-8-6-7-17-34-26)19-25(23)28(22-11-13-24(33)14-12-22)27(20)29(30(35)36)38-31(2,3)4/h6-14,17-19,29,37H,1-5H3,(H,35,36)/t29-,32?/m0/s1. The Morgan fingerprint density at radius 2 is 1.74 bits per heavy atom. The van der Waals surface area contributed by atoms with E-state index in [0.29, 0.717) is 21.8 Å². The predicted octanol–water partition coefficient (Wildman–Crippen LogP) is 7.06. The number of rotatable bonds is 5. The molecule has 0 bridgehead atoms. The van der Waals surface area contributed by atoms with Gasteiger partial charge < -0.3 is 14.9 Å². The van der Waals surface area contributed by atoms with Crippen LogP contribution in [0.1, 0.15) is 56.2 Å². The molecule has 0 aliphatic rings. The van der Waals surface area contributed by atoms with Gasteiger partial charge in [0, 0.05) is 22.3 Å². The molecule has 1 unspecified atom stereocenters. The number of carbonyl (C=O) groups is 1. The third kappa shape index (κ3) is 6.06. The third-order valence-electron chi connectivity index (χ3n) is 6.09. The van der Waals surface area contributed by atoms with E-state index in [1.165, 1.54) is 0 Å². The molecule has 0 saturated heterocycles. The van der Waals surface area contributed by atoms with Gasteiger partial charge in [-0.3, -0.25) is 4.98 Å². The molecule has 4 aromatic rings. The first-order chi connectivity index (χ1) is 17.9. The molecular weight excluding hydrogens is 498 g/mol. The molecule has 5 nitrogen and oxygen atoms in total. The fourth-order valence-electron chi connectivity index (χ4n) is 4.39. The van der Waals surface area contributed by atoms with Gasteiger partial charge in [0.25, 0.3) is 0 Å². The summed E-state index contributed by atoms with van der Waals surface area (Å²) in [6.07, 6.45) is 0.423. The normalized spacial score (nSPS) is 13.9. The van der Waals surface area contributed by atoms with Crippen molar-refractivity contribution < 1.29 is 19.7 Å². The van der Waals surface area contributed by atoms with Crippen molar-refractivity contribution in [2.45, 2.75) is 51.9 Å². The summed E-state index contributed by atoms with van der Waals surface area (Å²) in [6.45, 7) is 9.01. The fourth-order valence-corrected chi connectivity index (χ4v) is 4.52. The molecule has 1 heterocycles. The van der Waals surface area contributed by atoms with Crippen LogP contribution in [0.15, 0.2) is 72.9 Å². The highest BCUT2D eigenvalue weighted by molar-refractivity contribution is 6.30. The van der Waals surface area contributed by atoms with Crippen LogP contribution in [0, 0.1) is 18.8 Å². The van der Waals surface area contributed by atoms with Gasteiger partial charge in [0.05, 0.1) is 11.3 Å². The maximum atomic E-state index is 12.5. The van der Waals surface area contributed by atoms with Crippen molar-refractivity contribution in [3.63, 3.8) is 0 Å². The van der Waals surface area contributed by atoms with Crippen molar-refractivity contribution in [3.05, 3.63) is 100 Å². The largest absolute Gasteiger partial charge is 0.479 e. The Kier molecular flexibility index (Phi) is 7.62. The van der Waals surface area contributed by atoms with E-state index in [9.17, 15) is 15.0 Å². The maximum absolute atomic E-state index is 12.5. The van der Waals surface area contributed by atoms with Crippen LogP contribution in [0.2, 0.25) is 5.02 Å². The number of carboxylic acids is 1. The van der Waals surface area contributed by atoms with Gasteiger partial charge >= 0.3 is 5.97 Å². The smallest absolute Gasteiger partial charge is 0.337 e. The SMILES string of the molecule is Cc1cc2ccc(C#CC(C)(O)c3ccccn3)cc2c(-c2ccc(Cl)cc2)c1[C@H](OC(C)(C)C)C(=O)O. The van der Waals surface area contributed by atoms with Gasteiger partial charge in [0.2, 0.25) is 0 Å². The molecule has 2 N–H and O–H groups in total. The Labute approximate surface area is 228 Å². The molecule has 1 aromatic heterocycles. The second-order valence-corrected chi connectivity index (χ2v) is 10.8. The predicted molar refractivity (Wildman–Crippen MR) is 151 cm³/mol. The summed E-state index contributed by atoms with van der Waals surface area (Å²) in [5.41, 5.74) is 1.93. The first kappa shape index (κ1) is 27.3. The zero-order valence-electron chi connectivity index (χ0n) is 22.0. The molecular formula is C32H30ClNO4. The summed E-state index contributed by atoms with van der Waals surface area (Å²) in [4.78, 5) is 16.7. The topological polar surface area (TPSA) is 79.7 Å². The van der Waals surface area contributed by atoms with Gasteiger partial charge in [-0.1, -0.05) is 53.8 Å². The maximum Gasteiger partial charge on any atom is 0.337 e. The summed E-state index contributed by atoms with van der Waals surface area (Å²) >= 11 is 6.18. The number of carboxylic acid groups (broad SMARTS) is 1. The molecule has 0 saturated carbocycles. The Hall–Kier alpha value is -3.69. The average molecular weight is 528 g/mol. The Bertz CT molecular complexity index is 1540. The lowest BCUT2D eigenvalue weighted by atomic mass is 9.86. The van der Waals surface area contributed by atoms with Crippen molar-refractivity contribution in [1.29, 1.82) is 0 Å². The molecule has 2 atom stereocenters. The monoisotopic (exact) mass is 527 g/mol. The van der Waals surface area contributed by atoms with Crippen molar-refractivity contribution in [2.75, 3.05) is 0 Å². The van der Waals surface area contributed by atoms with Crippen molar-refractivity contribution in [1.82, 2.24) is 4.98 Å². The van der Waals surface area contributed by atoms with E-state index < -0.39 is 23.3 Å². The number of aryl methyl sites for hydroxylation is 1. The number of ether oxygens (including phenoxy) is 1. The highest BCUT2D eigenvalue weighted by Crippen LogP contribution is 2.41. The molecule has 0 spiro atoms. The van der Waals surface area contributed by atoms with Crippen molar-refractivity contribution in [2.24, 2.45) is 0 Å². The van der Waals surface area contributed by atoms with Gasteiger partial charge in [0.15, 0.2) is 11.7 Å². The molecule has 0 fully saturated rings. The number of aliphatic carboxylic acids is 1. The quantitative estimate of drug-likeness (QED) is 0.271. The first-order valence-corrected chi connectivity index (χ1v) is 12.6. The van der Waals surface area contributed by atoms with Crippen LogP contribution in [-0.2, 0) is 15.1 Å². The molecule has 0 aliphatic carbocycles. The second kappa shape index (κ2) is 10.6.